The molecule has 3 N–H and O–H groups in total. The van der Waals surface area contributed by atoms with Gasteiger partial charge < -0.3 is 20.7 Å². The molecule has 1 unspecified atom stereocenters. The zero-order valence-corrected chi connectivity index (χ0v) is 17.3. The minimum Gasteiger partial charge on any atom is -0.376 e. The summed E-state index contributed by atoms with van der Waals surface area (Å²) in [6.07, 6.45) is 2.11. The van der Waals surface area contributed by atoms with E-state index in [1.807, 2.05) is 13.8 Å². The number of hydrogen-bond acceptors (Lipinski definition) is 4. The molecule has 2 aromatic carbocycles. The number of hydrogen-bond donors (Lipinski definition) is 3. The second-order valence-corrected chi connectivity index (χ2v) is 7.60. The van der Waals surface area contributed by atoms with E-state index in [0.29, 0.717) is 17.8 Å². The van der Waals surface area contributed by atoms with Gasteiger partial charge in [-0.1, -0.05) is 23.8 Å². The van der Waals surface area contributed by atoms with E-state index in [1.165, 1.54) is 5.56 Å². The van der Waals surface area contributed by atoms with Gasteiger partial charge >= 0.3 is 0 Å². The molecule has 1 aliphatic rings. The van der Waals surface area contributed by atoms with Crippen LogP contribution in [0, 0.1) is 20.8 Å². The average molecular weight is 396 g/mol. The number of rotatable bonds is 7. The molecule has 0 aliphatic carbocycles. The lowest BCUT2D eigenvalue weighted by molar-refractivity contribution is -0.114. The quantitative estimate of drug-likeness (QED) is 0.670. The van der Waals surface area contributed by atoms with Gasteiger partial charge in [-0.15, -0.1) is 0 Å². The van der Waals surface area contributed by atoms with Gasteiger partial charge in [0.1, 0.15) is 0 Å². The molecule has 0 spiro atoms. The monoisotopic (exact) mass is 395 g/mol. The van der Waals surface area contributed by atoms with E-state index in [4.69, 9.17) is 4.74 Å². The Balaban J connectivity index is 1.54. The largest absolute Gasteiger partial charge is 0.376 e. The summed E-state index contributed by atoms with van der Waals surface area (Å²) < 4.78 is 5.52. The smallest absolute Gasteiger partial charge is 0.251 e. The first-order valence-corrected chi connectivity index (χ1v) is 10.0. The van der Waals surface area contributed by atoms with E-state index in [-0.39, 0.29) is 24.5 Å². The predicted molar refractivity (Wildman–Crippen MR) is 116 cm³/mol. The fourth-order valence-corrected chi connectivity index (χ4v) is 3.68. The van der Waals surface area contributed by atoms with Crippen LogP contribution in [-0.4, -0.2) is 37.6 Å². The van der Waals surface area contributed by atoms with Crippen molar-refractivity contribution in [2.24, 2.45) is 0 Å². The van der Waals surface area contributed by atoms with Gasteiger partial charge in [0.15, 0.2) is 0 Å². The molecule has 29 heavy (non-hydrogen) atoms. The third-order valence-corrected chi connectivity index (χ3v) is 5.03. The van der Waals surface area contributed by atoms with E-state index in [1.54, 1.807) is 24.3 Å². The molecule has 0 saturated carbocycles. The molecule has 154 valence electrons. The Labute approximate surface area is 172 Å². The number of carbonyl (C=O) groups excluding carboxylic acids is 2. The molecule has 0 aromatic heterocycles. The summed E-state index contributed by atoms with van der Waals surface area (Å²) in [6.45, 7) is 7.53. The van der Waals surface area contributed by atoms with Crippen LogP contribution >= 0.6 is 0 Å². The Hall–Kier alpha value is -2.86. The van der Waals surface area contributed by atoms with E-state index in [0.717, 1.165) is 36.3 Å². The molecular weight excluding hydrogens is 366 g/mol. The number of anilines is 2. The molecule has 6 heteroatoms. The summed E-state index contributed by atoms with van der Waals surface area (Å²) in [5, 5.41) is 8.96. The van der Waals surface area contributed by atoms with Crippen LogP contribution in [0.3, 0.4) is 0 Å². The summed E-state index contributed by atoms with van der Waals surface area (Å²) in [5.74, 6) is -0.332. The first kappa shape index (κ1) is 20.9. The molecule has 0 bridgehead atoms. The Morgan fingerprint density at radius 3 is 2.55 bits per heavy atom. The van der Waals surface area contributed by atoms with Gasteiger partial charge in [0.05, 0.1) is 12.6 Å². The lowest BCUT2D eigenvalue weighted by Crippen LogP contribution is -2.31. The zero-order chi connectivity index (χ0) is 20.8. The molecule has 1 aliphatic heterocycles. The summed E-state index contributed by atoms with van der Waals surface area (Å²) in [6, 6.07) is 11.1. The molecular formula is C23H29N3O3. The maximum Gasteiger partial charge on any atom is 0.251 e. The number of benzene rings is 2. The van der Waals surface area contributed by atoms with Gasteiger partial charge in [0, 0.05) is 30.1 Å². The Morgan fingerprint density at radius 2 is 1.86 bits per heavy atom. The van der Waals surface area contributed by atoms with Crippen molar-refractivity contribution in [3.63, 3.8) is 0 Å². The standard InChI is InChI=1S/C23H29N3O3/c1-15-10-16(2)22(17(3)11-15)24-14-21(27)26-19-7-4-6-18(12-19)23(28)25-13-20-8-5-9-29-20/h4,6-7,10-12,20,24H,5,8-9,13-14H2,1-3H3,(H,25,28)(H,26,27). The SMILES string of the molecule is Cc1cc(C)c(NCC(=O)Nc2cccc(C(=O)NCC3CCCO3)c2)c(C)c1. The second-order valence-electron chi connectivity index (χ2n) is 7.60. The van der Waals surface area contributed by atoms with Crippen molar-refractivity contribution in [1.82, 2.24) is 5.32 Å². The maximum atomic E-state index is 12.4. The molecule has 1 fully saturated rings. The normalized spacial score (nSPS) is 15.8. The summed E-state index contributed by atoms with van der Waals surface area (Å²) in [5.41, 5.74) is 5.51. The molecule has 6 nitrogen and oxygen atoms in total. The topological polar surface area (TPSA) is 79.5 Å². The molecule has 1 atom stereocenters. The first-order valence-electron chi connectivity index (χ1n) is 10.0. The van der Waals surface area contributed by atoms with Gasteiger partial charge in [-0.2, -0.15) is 0 Å². The van der Waals surface area contributed by atoms with Crippen LogP contribution in [0.15, 0.2) is 36.4 Å². The highest BCUT2D eigenvalue weighted by atomic mass is 16.5. The van der Waals surface area contributed by atoms with E-state index in [9.17, 15) is 9.59 Å². The molecule has 1 saturated heterocycles. The van der Waals surface area contributed by atoms with Crippen LogP contribution in [-0.2, 0) is 9.53 Å². The highest BCUT2D eigenvalue weighted by Crippen LogP contribution is 2.21. The number of aryl methyl sites for hydroxylation is 3. The lowest BCUT2D eigenvalue weighted by Gasteiger charge is -2.14. The highest BCUT2D eigenvalue weighted by molar-refractivity contribution is 5.98. The predicted octanol–water partition coefficient (Wildman–Crippen LogP) is 3.57. The fourth-order valence-electron chi connectivity index (χ4n) is 3.68. The molecule has 1 heterocycles. The van der Waals surface area contributed by atoms with Gasteiger partial charge in [0.2, 0.25) is 5.91 Å². The highest BCUT2D eigenvalue weighted by Gasteiger charge is 2.17. The number of amides is 2. The average Bonchev–Trinajstić information content (AvgIpc) is 3.19. The summed E-state index contributed by atoms with van der Waals surface area (Å²) in [7, 11) is 0. The van der Waals surface area contributed by atoms with Crippen molar-refractivity contribution < 1.29 is 14.3 Å². The Bertz CT molecular complexity index is 866. The van der Waals surface area contributed by atoms with Gasteiger partial charge in [0.25, 0.3) is 5.91 Å². The van der Waals surface area contributed by atoms with Gasteiger partial charge in [-0.3, -0.25) is 9.59 Å². The van der Waals surface area contributed by atoms with Crippen LogP contribution in [0.4, 0.5) is 11.4 Å². The van der Waals surface area contributed by atoms with Crippen molar-refractivity contribution in [2.45, 2.75) is 39.7 Å². The fraction of sp³-hybridized carbons (Fsp3) is 0.391. The first-order chi connectivity index (χ1) is 13.9. The van der Waals surface area contributed by atoms with Crippen molar-refractivity contribution in [2.75, 3.05) is 30.3 Å². The van der Waals surface area contributed by atoms with Crippen LogP contribution in [0.25, 0.3) is 0 Å². The lowest BCUT2D eigenvalue weighted by atomic mass is 10.1. The van der Waals surface area contributed by atoms with E-state index >= 15 is 0 Å². The number of ether oxygens (including phenoxy) is 1. The zero-order valence-electron chi connectivity index (χ0n) is 17.3. The van der Waals surface area contributed by atoms with Crippen LogP contribution < -0.4 is 16.0 Å². The third-order valence-electron chi connectivity index (χ3n) is 5.03. The minimum absolute atomic E-state index is 0.0987. The summed E-state index contributed by atoms with van der Waals surface area (Å²) in [4.78, 5) is 24.7. The third kappa shape index (κ3) is 5.81. The van der Waals surface area contributed by atoms with E-state index < -0.39 is 0 Å². The van der Waals surface area contributed by atoms with Crippen molar-refractivity contribution in [3.05, 3.63) is 58.7 Å². The molecule has 2 aromatic rings. The van der Waals surface area contributed by atoms with Crippen molar-refractivity contribution in [1.29, 1.82) is 0 Å². The number of carbonyl (C=O) groups is 2. The van der Waals surface area contributed by atoms with Crippen molar-refractivity contribution in [3.8, 4) is 0 Å². The summed E-state index contributed by atoms with van der Waals surface area (Å²) >= 11 is 0. The molecule has 3 rings (SSSR count). The van der Waals surface area contributed by atoms with Crippen molar-refractivity contribution >= 4 is 23.2 Å². The van der Waals surface area contributed by atoms with Gasteiger partial charge in [-0.25, -0.2) is 0 Å². The molecule has 0 radical (unpaired) electrons. The number of nitrogens with one attached hydrogen (secondary N) is 3. The van der Waals surface area contributed by atoms with Crippen LogP contribution in [0.2, 0.25) is 0 Å². The minimum atomic E-state index is -0.166. The van der Waals surface area contributed by atoms with E-state index in [2.05, 4.69) is 35.0 Å². The maximum absolute atomic E-state index is 12.4. The Kier molecular flexibility index (Phi) is 6.88. The van der Waals surface area contributed by atoms with Gasteiger partial charge in [-0.05, 0) is 62.9 Å². The van der Waals surface area contributed by atoms with Crippen LogP contribution in [0.5, 0.6) is 0 Å². The Morgan fingerprint density at radius 1 is 1.10 bits per heavy atom. The second kappa shape index (κ2) is 9.56. The van der Waals surface area contributed by atoms with Crippen LogP contribution in [0.1, 0.15) is 39.9 Å². The molecule has 2 amide bonds.